The van der Waals surface area contributed by atoms with Gasteiger partial charge in [-0.15, -0.1) is 0 Å². The van der Waals surface area contributed by atoms with Crippen molar-refractivity contribution in [3.63, 3.8) is 0 Å². The van der Waals surface area contributed by atoms with E-state index in [1.54, 1.807) is 12.4 Å². The van der Waals surface area contributed by atoms with Gasteiger partial charge in [0.05, 0.1) is 0 Å². The van der Waals surface area contributed by atoms with Crippen LogP contribution in [0.25, 0.3) is 11.4 Å². The zero-order chi connectivity index (χ0) is 14.8. The van der Waals surface area contributed by atoms with Crippen LogP contribution in [0.5, 0.6) is 0 Å². The Kier molecular flexibility index (Phi) is 3.39. The van der Waals surface area contributed by atoms with Gasteiger partial charge in [-0.3, -0.25) is 0 Å². The van der Waals surface area contributed by atoms with E-state index in [0.29, 0.717) is 23.6 Å². The van der Waals surface area contributed by atoms with Crippen molar-refractivity contribution in [2.24, 2.45) is 0 Å². The molecule has 106 valence electrons. The molecule has 0 aliphatic rings. The Morgan fingerprint density at radius 3 is 2.67 bits per heavy atom. The van der Waals surface area contributed by atoms with Gasteiger partial charge in [0.25, 0.3) is 0 Å². The number of anilines is 1. The summed E-state index contributed by atoms with van der Waals surface area (Å²) in [5, 5.41) is 0. The molecular weight excluding hydrogens is 272 g/mol. The highest BCUT2D eigenvalue weighted by Crippen LogP contribution is 2.21. The highest BCUT2D eigenvalue weighted by molar-refractivity contribution is 5.56. The average molecular weight is 285 g/mol. The summed E-state index contributed by atoms with van der Waals surface area (Å²) in [5.74, 6) is -1.17. The van der Waals surface area contributed by atoms with Crippen molar-refractivity contribution in [2.45, 2.75) is 6.54 Å². The topological polar surface area (TPSA) is 43.8 Å². The lowest BCUT2D eigenvalue weighted by Crippen LogP contribution is -2.02. The van der Waals surface area contributed by atoms with Gasteiger partial charge in [-0.05, 0) is 35.9 Å². The first-order valence-electron chi connectivity index (χ1n) is 6.44. The number of hydrogen-bond donors (Lipinski definition) is 1. The zero-order valence-corrected chi connectivity index (χ0v) is 11.1. The van der Waals surface area contributed by atoms with Crippen LogP contribution in [0.1, 0.15) is 5.56 Å². The summed E-state index contributed by atoms with van der Waals surface area (Å²) in [5.41, 5.74) is 7.98. The van der Waals surface area contributed by atoms with Crippen LogP contribution in [0, 0.1) is 11.6 Å². The summed E-state index contributed by atoms with van der Waals surface area (Å²) in [6.07, 6.45) is 3.42. The fraction of sp³-hybridized carbons (Fsp3) is 0.0625. The van der Waals surface area contributed by atoms with Gasteiger partial charge < -0.3 is 10.3 Å². The molecule has 0 saturated carbocycles. The molecule has 0 spiro atoms. The average Bonchev–Trinajstić information content (AvgIpc) is 2.90. The van der Waals surface area contributed by atoms with Crippen molar-refractivity contribution < 1.29 is 8.78 Å². The van der Waals surface area contributed by atoms with Crippen LogP contribution in [-0.2, 0) is 6.54 Å². The lowest BCUT2D eigenvalue weighted by atomic mass is 10.1. The Balaban J connectivity index is 1.95. The number of nitrogen functional groups attached to an aromatic ring is 1. The molecule has 0 aliphatic carbocycles. The highest BCUT2D eigenvalue weighted by atomic mass is 19.2. The van der Waals surface area contributed by atoms with Crippen molar-refractivity contribution in [3.8, 4) is 11.4 Å². The molecule has 0 fully saturated rings. The van der Waals surface area contributed by atoms with E-state index in [4.69, 9.17) is 5.73 Å². The number of benzene rings is 2. The number of rotatable bonds is 3. The monoisotopic (exact) mass is 285 g/mol. The lowest BCUT2D eigenvalue weighted by molar-refractivity contribution is 0.509. The molecule has 3 aromatic rings. The van der Waals surface area contributed by atoms with Gasteiger partial charge in [0.1, 0.15) is 5.82 Å². The first kappa shape index (κ1) is 13.3. The second-order valence-corrected chi connectivity index (χ2v) is 4.75. The molecule has 0 aliphatic heterocycles. The SMILES string of the molecule is Nc1cccc(Cn2ccnc2-c2ccc(F)c(F)c2)c1. The van der Waals surface area contributed by atoms with E-state index in [-0.39, 0.29) is 0 Å². The zero-order valence-electron chi connectivity index (χ0n) is 11.1. The Morgan fingerprint density at radius 1 is 1.05 bits per heavy atom. The van der Waals surface area contributed by atoms with Crippen LogP contribution in [-0.4, -0.2) is 9.55 Å². The smallest absolute Gasteiger partial charge is 0.159 e. The number of hydrogen-bond acceptors (Lipinski definition) is 2. The van der Waals surface area contributed by atoms with E-state index < -0.39 is 11.6 Å². The molecule has 0 bridgehead atoms. The minimum absolute atomic E-state index is 0.530. The van der Waals surface area contributed by atoms with Crippen molar-refractivity contribution in [1.82, 2.24) is 9.55 Å². The number of aromatic nitrogens is 2. The fourth-order valence-electron chi connectivity index (χ4n) is 2.22. The second-order valence-electron chi connectivity index (χ2n) is 4.75. The number of halogens is 2. The minimum atomic E-state index is -0.883. The summed E-state index contributed by atoms with van der Waals surface area (Å²) in [4.78, 5) is 4.22. The third-order valence-corrected chi connectivity index (χ3v) is 3.20. The maximum Gasteiger partial charge on any atom is 0.159 e. The number of nitrogens with zero attached hydrogens (tertiary/aromatic N) is 2. The van der Waals surface area contributed by atoms with Gasteiger partial charge in [-0.25, -0.2) is 13.8 Å². The summed E-state index contributed by atoms with van der Waals surface area (Å²) < 4.78 is 28.2. The normalized spacial score (nSPS) is 10.8. The third-order valence-electron chi connectivity index (χ3n) is 3.20. The number of imidazole rings is 1. The standard InChI is InChI=1S/C16H13F2N3/c17-14-5-4-12(9-15(14)18)16-20-6-7-21(16)10-11-2-1-3-13(19)8-11/h1-9H,10,19H2. The van der Waals surface area contributed by atoms with Crippen LogP contribution in [0.2, 0.25) is 0 Å². The molecule has 0 saturated heterocycles. The molecule has 2 N–H and O–H groups in total. The summed E-state index contributed by atoms with van der Waals surface area (Å²) >= 11 is 0. The van der Waals surface area contributed by atoms with Gasteiger partial charge in [0, 0.05) is 30.2 Å². The molecule has 0 atom stereocenters. The molecule has 5 heteroatoms. The van der Waals surface area contributed by atoms with E-state index in [1.165, 1.54) is 6.07 Å². The van der Waals surface area contributed by atoms with Crippen LogP contribution in [0.3, 0.4) is 0 Å². The molecule has 1 aromatic heterocycles. The maximum atomic E-state index is 13.4. The molecule has 21 heavy (non-hydrogen) atoms. The molecular formula is C16H13F2N3. The largest absolute Gasteiger partial charge is 0.399 e. The van der Waals surface area contributed by atoms with E-state index in [1.807, 2.05) is 28.8 Å². The first-order chi connectivity index (χ1) is 10.1. The predicted octanol–water partition coefficient (Wildman–Crippen LogP) is 3.46. The highest BCUT2D eigenvalue weighted by Gasteiger charge is 2.10. The van der Waals surface area contributed by atoms with Crippen LogP contribution < -0.4 is 5.73 Å². The maximum absolute atomic E-state index is 13.4. The Bertz CT molecular complexity index is 781. The van der Waals surface area contributed by atoms with Crippen LogP contribution >= 0.6 is 0 Å². The van der Waals surface area contributed by atoms with Crippen molar-refractivity contribution in [1.29, 1.82) is 0 Å². The molecule has 0 amide bonds. The quantitative estimate of drug-likeness (QED) is 0.749. The summed E-state index contributed by atoms with van der Waals surface area (Å²) in [6.45, 7) is 0.555. The van der Waals surface area contributed by atoms with E-state index >= 15 is 0 Å². The van der Waals surface area contributed by atoms with Gasteiger partial charge in [-0.1, -0.05) is 12.1 Å². The van der Waals surface area contributed by atoms with Crippen molar-refractivity contribution in [2.75, 3.05) is 5.73 Å². The van der Waals surface area contributed by atoms with Crippen molar-refractivity contribution >= 4 is 5.69 Å². The molecule has 0 radical (unpaired) electrons. The molecule has 3 nitrogen and oxygen atoms in total. The predicted molar refractivity (Wildman–Crippen MR) is 77.5 cm³/mol. The van der Waals surface area contributed by atoms with Gasteiger partial charge in [-0.2, -0.15) is 0 Å². The Labute approximate surface area is 120 Å². The van der Waals surface area contributed by atoms with Gasteiger partial charge in [0.2, 0.25) is 0 Å². The van der Waals surface area contributed by atoms with Gasteiger partial charge in [0.15, 0.2) is 11.6 Å². The Morgan fingerprint density at radius 2 is 1.90 bits per heavy atom. The molecule has 0 unspecified atom stereocenters. The Hall–Kier alpha value is -2.69. The molecule has 2 aromatic carbocycles. The molecule has 3 rings (SSSR count). The third kappa shape index (κ3) is 2.76. The van der Waals surface area contributed by atoms with E-state index in [0.717, 1.165) is 17.7 Å². The first-order valence-corrected chi connectivity index (χ1v) is 6.44. The summed E-state index contributed by atoms with van der Waals surface area (Å²) in [7, 11) is 0. The van der Waals surface area contributed by atoms with E-state index in [2.05, 4.69) is 4.98 Å². The number of nitrogens with two attached hydrogens (primary N) is 1. The van der Waals surface area contributed by atoms with Crippen LogP contribution in [0.15, 0.2) is 54.9 Å². The lowest BCUT2D eigenvalue weighted by Gasteiger charge is -2.09. The summed E-state index contributed by atoms with van der Waals surface area (Å²) in [6, 6.07) is 11.3. The van der Waals surface area contributed by atoms with Gasteiger partial charge >= 0.3 is 0 Å². The fourth-order valence-corrected chi connectivity index (χ4v) is 2.22. The van der Waals surface area contributed by atoms with E-state index in [9.17, 15) is 8.78 Å². The van der Waals surface area contributed by atoms with Crippen molar-refractivity contribution in [3.05, 3.63) is 72.1 Å². The minimum Gasteiger partial charge on any atom is -0.399 e. The second kappa shape index (κ2) is 5.36. The van der Waals surface area contributed by atoms with Crippen LogP contribution in [0.4, 0.5) is 14.5 Å². The molecule has 1 heterocycles.